The minimum atomic E-state index is -0.375. The van der Waals surface area contributed by atoms with Gasteiger partial charge in [-0.15, -0.1) is 0 Å². The van der Waals surface area contributed by atoms with Crippen molar-refractivity contribution in [2.45, 2.75) is 57.5 Å². The van der Waals surface area contributed by atoms with E-state index in [1.807, 2.05) is 0 Å². The van der Waals surface area contributed by atoms with Crippen LogP contribution in [-0.4, -0.2) is 30.6 Å². The van der Waals surface area contributed by atoms with Crippen LogP contribution in [0.15, 0.2) is 46.8 Å². The molecule has 2 aliphatic rings. The molecule has 2 fully saturated rings. The Bertz CT molecular complexity index is 817. The monoisotopic (exact) mass is 449 g/mol. The first-order chi connectivity index (χ1) is 14.9. The standard InChI is InChI=1S/C24H33ClFN3O2/c1-17(30)12-18-6-7-21(13-22(18)26)31-11-3-4-19-14-24(19)8-2-5-23(28-10-9-24)29-16-20(25)15-27/h6-7,13,15-16,19,23,28,30H,1-5,8-12,14,27H2/b20-15+,29-16-. The number of nitrogens with zero attached hydrogens (tertiary/aromatic N) is 1. The molecule has 1 saturated heterocycles. The first-order valence-electron chi connectivity index (χ1n) is 11.0. The van der Waals surface area contributed by atoms with Crippen molar-refractivity contribution in [1.29, 1.82) is 0 Å². The lowest BCUT2D eigenvalue weighted by atomic mass is 9.89. The Morgan fingerprint density at radius 3 is 3.03 bits per heavy atom. The van der Waals surface area contributed by atoms with Crippen molar-refractivity contribution in [3.05, 3.63) is 53.2 Å². The van der Waals surface area contributed by atoms with Gasteiger partial charge in [0.05, 0.1) is 23.6 Å². The molecular formula is C24H33ClFN3O2. The zero-order chi connectivity index (χ0) is 22.3. The molecule has 1 spiro atoms. The molecule has 4 N–H and O–H groups in total. The van der Waals surface area contributed by atoms with Gasteiger partial charge in [-0.3, -0.25) is 10.3 Å². The number of hydrogen-bond acceptors (Lipinski definition) is 5. The summed E-state index contributed by atoms with van der Waals surface area (Å²) in [6.07, 6.45) is 11.2. The largest absolute Gasteiger partial charge is 0.513 e. The SMILES string of the molecule is C=C(O)Cc1ccc(OCCCC2CC23CCCC(/N=C\C(Cl)=C/N)NCC3)cc1F. The number of aliphatic hydroxyl groups is 1. The molecule has 31 heavy (non-hydrogen) atoms. The fraction of sp³-hybridized carbons (Fsp3) is 0.542. The number of rotatable bonds is 9. The van der Waals surface area contributed by atoms with Crippen LogP contribution in [0.3, 0.4) is 0 Å². The summed E-state index contributed by atoms with van der Waals surface area (Å²) in [7, 11) is 0. The summed E-state index contributed by atoms with van der Waals surface area (Å²) in [5, 5.41) is 13.2. The minimum Gasteiger partial charge on any atom is -0.513 e. The molecule has 3 unspecified atom stereocenters. The van der Waals surface area contributed by atoms with E-state index in [0.29, 0.717) is 28.4 Å². The summed E-state index contributed by atoms with van der Waals surface area (Å²) in [4.78, 5) is 4.48. The third-order valence-corrected chi connectivity index (χ3v) is 6.66. The second-order valence-electron chi connectivity index (χ2n) is 8.69. The summed E-state index contributed by atoms with van der Waals surface area (Å²) in [6, 6.07) is 4.77. The number of hydrogen-bond donors (Lipinski definition) is 3. The van der Waals surface area contributed by atoms with Crippen LogP contribution in [0.25, 0.3) is 0 Å². The van der Waals surface area contributed by atoms with Crippen LogP contribution in [0, 0.1) is 17.2 Å². The van der Waals surface area contributed by atoms with Gasteiger partial charge in [0.25, 0.3) is 0 Å². The number of nitrogens with two attached hydrogens (primary N) is 1. The Morgan fingerprint density at radius 2 is 2.29 bits per heavy atom. The molecule has 1 aliphatic carbocycles. The quantitative estimate of drug-likeness (QED) is 0.275. The molecule has 0 bridgehead atoms. The number of aliphatic hydroxyl groups excluding tert-OH is 1. The van der Waals surface area contributed by atoms with Crippen molar-refractivity contribution in [3.8, 4) is 5.75 Å². The van der Waals surface area contributed by atoms with Gasteiger partial charge in [-0.05, 0) is 74.5 Å². The highest BCUT2D eigenvalue weighted by Crippen LogP contribution is 2.60. The molecule has 0 amide bonds. The molecule has 1 aromatic carbocycles. The Labute approximate surface area is 189 Å². The van der Waals surface area contributed by atoms with Gasteiger partial charge in [0.2, 0.25) is 0 Å². The van der Waals surface area contributed by atoms with Crippen LogP contribution in [0.5, 0.6) is 5.75 Å². The molecule has 1 aliphatic heterocycles. The minimum absolute atomic E-state index is 0.0493. The maximum absolute atomic E-state index is 14.0. The Balaban J connectivity index is 1.36. The topological polar surface area (TPSA) is 79.9 Å². The van der Waals surface area contributed by atoms with Crippen LogP contribution >= 0.6 is 11.6 Å². The van der Waals surface area contributed by atoms with Crippen LogP contribution in [-0.2, 0) is 6.42 Å². The number of allylic oxidation sites excluding steroid dienone is 2. The molecule has 5 nitrogen and oxygen atoms in total. The number of halogens is 2. The van der Waals surface area contributed by atoms with E-state index in [1.54, 1.807) is 18.3 Å². The van der Waals surface area contributed by atoms with E-state index in [0.717, 1.165) is 38.1 Å². The maximum atomic E-state index is 14.0. The van der Waals surface area contributed by atoms with E-state index >= 15 is 0 Å². The maximum Gasteiger partial charge on any atom is 0.130 e. The van der Waals surface area contributed by atoms with Crippen molar-refractivity contribution < 1.29 is 14.2 Å². The molecule has 1 aromatic rings. The van der Waals surface area contributed by atoms with Crippen molar-refractivity contribution in [2.24, 2.45) is 22.1 Å². The molecule has 0 aromatic heterocycles. The van der Waals surface area contributed by atoms with E-state index in [9.17, 15) is 9.50 Å². The molecule has 0 radical (unpaired) electrons. The molecule has 1 saturated carbocycles. The van der Waals surface area contributed by atoms with E-state index in [1.165, 1.54) is 31.5 Å². The highest BCUT2D eigenvalue weighted by molar-refractivity contribution is 6.39. The van der Waals surface area contributed by atoms with E-state index < -0.39 is 0 Å². The summed E-state index contributed by atoms with van der Waals surface area (Å²) in [6.45, 7) is 4.95. The second kappa shape index (κ2) is 11.0. The van der Waals surface area contributed by atoms with Crippen LogP contribution in [0.1, 0.15) is 50.5 Å². The van der Waals surface area contributed by atoms with Gasteiger partial charge in [-0.1, -0.05) is 24.2 Å². The van der Waals surface area contributed by atoms with Gasteiger partial charge in [0, 0.05) is 24.9 Å². The molecule has 3 rings (SSSR count). The summed E-state index contributed by atoms with van der Waals surface area (Å²) < 4.78 is 19.8. The van der Waals surface area contributed by atoms with Crippen LogP contribution < -0.4 is 15.8 Å². The van der Waals surface area contributed by atoms with Crippen molar-refractivity contribution in [1.82, 2.24) is 5.32 Å². The van der Waals surface area contributed by atoms with Crippen molar-refractivity contribution in [2.75, 3.05) is 13.2 Å². The lowest BCUT2D eigenvalue weighted by Crippen LogP contribution is -2.32. The predicted octanol–water partition coefficient (Wildman–Crippen LogP) is 5.20. The third kappa shape index (κ3) is 6.97. The zero-order valence-corrected chi connectivity index (χ0v) is 18.7. The van der Waals surface area contributed by atoms with Crippen LogP contribution in [0.2, 0.25) is 0 Å². The molecule has 1 heterocycles. The lowest BCUT2D eigenvalue weighted by molar-refractivity contribution is 0.278. The molecule has 170 valence electrons. The Hall–Kier alpha value is -2.05. The van der Waals surface area contributed by atoms with E-state index in [4.69, 9.17) is 22.1 Å². The Kier molecular flexibility index (Phi) is 8.38. The number of ether oxygens (including phenoxy) is 1. The van der Waals surface area contributed by atoms with Crippen molar-refractivity contribution >= 4 is 17.8 Å². The average Bonchev–Trinajstić information content (AvgIpc) is 3.41. The number of aliphatic imine (C=N–C) groups is 1. The van der Waals surface area contributed by atoms with Gasteiger partial charge in [0.15, 0.2) is 0 Å². The molecular weight excluding hydrogens is 417 g/mol. The van der Waals surface area contributed by atoms with E-state index in [2.05, 4.69) is 16.9 Å². The van der Waals surface area contributed by atoms with Gasteiger partial charge < -0.3 is 15.6 Å². The highest BCUT2D eigenvalue weighted by atomic mass is 35.5. The first-order valence-corrected chi connectivity index (χ1v) is 11.4. The predicted molar refractivity (Wildman–Crippen MR) is 124 cm³/mol. The number of nitrogens with one attached hydrogen (secondary N) is 1. The van der Waals surface area contributed by atoms with Gasteiger partial charge in [-0.25, -0.2) is 4.39 Å². The van der Waals surface area contributed by atoms with Gasteiger partial charge in [-0.2, -0.15) is 0 Å². The first kappa shape index (κ1) is 23.6. The average molecular weight is 450 g/mol. The third-order valence-electron chi connectivity index (χ3n) is 6.44. The van der Waals surface area contributed by atoms with E-state index in [-0.39, 0.29) is 24.2 Å². The molecule has 3 atom stereocenters. The second-order valence-corrected chi connectivity index (χ2v) is 9.13. The summed E-state index contributed by atoms with van der Waals surface area (Å²) in [5.74, 6) is 0.857. The zero-order valence-electron chi connectivity index (χ0n) is 18.0. The smallest absolute Gasteiger partial charge is 0.130 e. The fourth-order valence-corrected chi connectivity index (χ4v) is 4.70. The normalized spacial score (nSPS) is 26.6. The summed E-state index contributed by atoms with van der Waals surface area (Å²) >= 11 is 5.88. The van der Waals surface area contributed by atoms with Crippen molar-refractivity contribution in [3.63, 3.8) is 0 Å². The number of benzene rings is 1. The Morgan fingerprint density at radius 1 is 1.45 bits per heavy atom. The van der Waals surface area contributed by atoms with Gasteiger partial charge >= 0.3 is 0 Å². The van der Waals surface area contributed by atoms with Crippen LogP contribution in [0.4, 0.5) is 4.39 Å². The van der Waals surface area contributed by atoms with Gasteiger partial charge in [0.1, 0.15) is 11.6 Å². The summed E-state index contributed by atoms with van der Waals surface area (Å²) in [5.41, 5.74) is 6.26. The lowest BCUT2D eigenvalue weighted by Gasteiger charge is -2.24. The highest BCUT2D eigenvalue weighted by Gasteiger charge is 2.52. The molecule has 7 heteroatoms. The fourth-order valence-electron chi connectivity index (χ4n) is 4.65.